The highest BCUT2D eigenvalue weighted by Crippen LogP contribution is 2.26. The lowest BCUT2D eigenvalue weighted by molar-refractivity contribution is -0.150. The van der Waals surface area contributed by atoms with Crippen LogP contribution in [0.2, 0.25) is 0 Å². The first-order valence-corrected chi connectivity index (χ1v) is 4.61. The molecule has 0 bridgehead atoms. The molecule has 5 nitrogen and oxygen atoms in total. The van der Waals surface area contributed by atoms with Gasteiger partial charge in [0.15, 0.2) is 6.10 Å². The molecule has 1 aromatic carbocycles. The average molecular weight is 226 g/mol. The van der Waals surface area contributed by atoms with Crippen LogP contribution in [0, 0.1) is 0 Å². The fraction of sp³-hybridized carbons (Fsp3) is 0.364. The number of carbonyl (C=O) groups is 1. The van der Waals surface area contributed by atoms with Crippen molar-refractivity contribution in [2.75, 3.05) is 21.3 Å². The molecule has 0 aliphatic heterocycles. The summed E-state index contributed by atoms with van der Waals surface area (Å²) in [5.41, 5.74) is 0.364. The van der Waals surface area contributed by atoms with Crippen LogP contribution in [0.3, 0.4) is 0 Å². The van der Waals surface area contributed by atoms with Gasteiger partial charge < -0.3 is 19.3 Å². The maximum atomic E-state index is 11.2. The van der Waals surface area contributed by atoms with Gasteiger partial charge in [0, 0.05) is 6.07 Å². The molecule has 0 unspecified atom stereocenters. The lowest BCUT2D eigenvalue weighted by Crippen LogP contribution is -2.13. The number of benzene rings is 1. The summed E-state index contributed by atoms with van der Waals surface area (Å²) < 4.78 is 14.5. The van der Waals surface area contributed by atoms with Crippen molar-refractivity contribution in [2.45, 2.75) is 6.10 Å². The number of hydrogen-bond donors (Lipinski definition) is 1. The van der Waals surface area contributed by atoms with Crippen LogP contribution in [0.25, 0.3) is 0 Å². The summed E-state index contributed by atoms with van der Waals surface area (Å²) in [5.74, 6) is 0.268. The molecule has 0 aliphatic rings. The minimum absolute atomic E-state index is 0.364. The van der Waals surface area contributed by atoms with E-state index in [9.17, 15) is 9.90 Å². The topological polar surface area (TPSA) is 65.0 Å². The van der Waals surface area contributed by atoms with Crippen molar-refractivity contribution >= 4 is 5.97 Å². The molecule has 1 N–H and O–H groups in total. The first kappa shape index (κ1) is 12.3. The Bertz CT molecular complexity index is 352. The van der Waals surface area contributed by atoms with Crippen LogP contribution in [0.4, 0.5) is 0 Å². The zero-order valence-corrected chi connectivity index (χ0v) is 9.39. The molecular weight excluding hydrogens is 212 g/mol. The molecular formula is C11H14O5. The third-order valence-electron chi connectivity index (χ3n) is 2.11. The van der Waals surface area contributed by atoms with Crippen molar-refractivity contribution in [1.82, 2.24) is 0 Å². The summed E-state index contributed by atoms with van der Waals surface area (Å²) in [6.07, 6.45) is -1.34. The van der Waals surface area contributed by atoms with E-state index in [1.165, 1.54) is 21.3 Å². The average Bonchev–Trinajstić information content (AvgIpc) is 2.35. The van der Waals surface area contributed by atoms with Crippen LogP contribution >= 0.6 is 0 Å². The molecule has 0 saturated carbocycles. The van der Waals surface area contributed by atoms with Gasteiger partial charge in [0.2, 0.25) is 0 Å². The number of rotatable bonds is 4. The molecule has 0 saturated heterocycles. The maximum absolute atomic E-state index is 11.2. The summed E-state index contributed by atoms with van der Waals surface area (Å²) in [7, 11) is 4.19. The number of hydrogen-bond acceptors (Lipinski definition) is 5. The Morgan fingerprint density at radius 3 is 2.00 bits per heavy atom. The van der Waals surface area contributed by atoms with Gasteiger partial charge in [-0.2, -0.15) is 0 Å². The van der Waals surface area contributed by atoms with E-state index in [0.29, 0.717) is 17.1 Å². The summed E-state index contributed by atoms with van der Waals surface area (Å²) in [4.78, 5) is 11.2. The largest absolute Gasteiger partial charge is 0.497 e. The Kier molecular flexibility index (Phi) is 4.13. The maximum Gasteiger partial charge on any atom is 0.339 e. The van der Waals surface area contributed by atoms with Gasteiger partial charge in [-0.05, 0) is 17.7 Å². The normalized spacial score (nSPS) is 11.8. The number of methoxy groups -OCH3 is 3. The number of carbonyl (C=O) groups excluding carboxylic acids is 1. The highest BCUT2D eigenvalue weighted by molar-refractivity contribution is 5.76. The number of esters is 1. The SMILES string of the molecule is COC(=O)[C@H](O)c1cc(OC)cc(OC)c1. The second-order valence-corrected chi connectivity index (χ2v) is 3.07. The Labute approximate surface area is 93.6 Å². The monoisotopic (exact) mass is 226 g/mol. The van der Waals surface area contributed by atoms with Crippen LogP contribution in [-0.4, -0.2) is 32.4 Å². The first-order chi connectivity index (χ1) is 7.62. The minimum atomic E-state index is -1.34. The van der Waals surface area contributed by atoms with Gasteiger partial charge in [-0.1, -0.05) is 0 Å². The van der Waals surface area contributed by atoms with Crippen molar-refractivity contribution in [3.63, 3.8) is 0 Å². The van der Waals surface area contributed by atoms with Gasteiger partial charge in [0.25, 0.3) is 0 Å². The standard InChI is InChI=1S/C11H14O5/c1-14-8-4-7(5-9(6-8)15-2)10(12)11(13)16-3/h4-6,10,12H,1-3H3/t10-/m1/s1. The van der Waals surface area contributed by atoms with Crippen molar-refractivity contribution in [1.29, 1.82) is 0 Å². The lowest BCUT2D eigenvalue weighted by atomic mass is 10.1. The second-order valence-electron chi connectivity index (χ2n) is 3.07. The molecule has 0 fully saturated rings. The summed E-state index contributed by atoms with van der Waals surface area (Å²) in [5, 5.41) is 9.64. The van der Waals surface area contributed by atoms with Gasteiger partial charge in [-0.3, -0.25) is 0 Å². The summed E-state index contributed by atoms with van der Waals surface area (Å²) in [6.45, 7) is 0. The smallest absolute Gasteiger partial charge is 0.339 e. The second kappa shape index (κ2) is 5.37. The number of aliphatic hydroxyl groups excluding tert-OH is 1. The van der Waals surface area contributed by atoms with Gasteiger partial charge in [-0.25, -0.2) is 4.79 Å². The Morgan fingerprint density at radius 2 is 1.62 bits per heavy atom. The van der Waals surface area contributed by atoms with Crippen molar-refractivity contribution < 1.29 is 24.1 Å². The Morgan fingerprint density at radius 1 is 1.12 bits per heavy atom. The van der Waals surface area contributed by atoms with E-state index in [1.807, 2.05) is 0 Å². The van der Waals surface area contributed by atoms with E-state index in [0.717, 1.165) is 0 Å². The van der Waals surface area contributed by atoms with Gasteiger partial charge >= 0.3 is 5.97 Å². The third-order valence-corrected chi connectivity index (χ3v) is 2.11. The van der Waals surface area contributed by atoms with Crippen LogP contribution in [0.15, 0.2) is 18.2 Å². The molecule has 0 amide bonds. The van der Waals surface area contributed by atoms with E-state index in [-0.39, 0.29) is 0 Å². The molecule has 0 spiro atoms. The molecule has 1 rings (SSSR count). The fourth-order valence-corrected chi connectivity index (χ4v) is 1.24. The van der Waals surface area contributed by atoms with Crippen LogP contribution in [0.1, 0.15) is 11.7 Å². The molecule has 0 heterocycles. The zero-order valence-electron chi connectivity index (χ0n) is 9.39. The molecule has 0 aromatic heterocycles. The van der Waals surface area contributed by atoms with E-state index < -0.39 is 12.1 Å². The van der Waals surface area contributed by atoms with E-state index in [2.05, 4.69) is 4.74 Å². The highest BCUT2D eigenvalue weighted by Gasteiger charge is 2.19. The van der Waals surface area contributed by atoms with Crippen LogP contribution < -0.4 is 9.47 Å². The first-order valence-electron chi connectivity index (χ1n) is 4.61. The lowest BCUT2D eigenvalue weighted by Gasteiger charge is -2.11. The van der Waals surface area contributed by atoms with Gasteiger partial charge in [0.05, 0.1) is 21.3 Å². The molecule has 0 radical (unpaired) electrons. The highest BCUT2D eigenvalue weighted by atomic mass is 16.5. The molecule has 0 aliphatic carbocycles. The number of ether oxygens (including phenoxy) is 3. The quantitative estimate of drug-likeness (QED) is 0.773. The molecule has 88 valence electrons. The predicted octanol–water partition coefficient (Wildman–Crippen LogP) is 0.910. The Hall–Kier alpha value is -1.75. The van der Waals surface area contributed by atoms with Gasteiger partial charge in [0.1, 0.15) is 11.5 Å². The zero-order chi connectivity index (χ0) is 12.1. The van der Waals surface area contributed by atoms with Crippen molar-refractivity contribution in [2.24, 2.45) is 0 Å². The van der Waals surface area contributed by atoms with Crippen LogP contribution in [-0.2, 0) is 9.53 Å². The minimum Gasteiger partial charge on any atom is -0.497 e. The molecule has 1 aromatic rings. The Balaban J connectivity index is 3.07. The predicted molar refractivity (Wildman–Crippen MR) is 56.5 cm³/mol. The molecule has 1 atom stereocenters. The number of aliphatic hydroxyl groups is 1. The third kappa shape index (κ3) is 2.64. The van der Waals surface area contributed by atoms with Gasteiger partial charge in [-0.15, -0.1) is 0 Å². The van der Waals surface area contributed by atoms with E-state index in [1.54, 1.807) is 18.2 Å². The molecule has 5 heteroatoms. The fourth-order valence-electron chi connectivity index (χ4n) is 1.24. The van der Waals surface area contributed by atoms with Crippen molar-refractivity contribution in [3.05, 3.63) is 23.8 Å². The van der Waals surface area contributed by atoms with Crippen LogP contribution in [0.5, 0.6) is 11.5 Å². The summed E-state index contributed by atoms with van der Waals surface area (Å²) >= 11 is 0. The van der Waals surface area contributed by atoms with E-state index >= 15 is 0 Å². The van der Waals surface area contributed by atoms with E-state index in [4.69, 9.17) is 9.47 Å². The van der Waals surface area contributed by atoms with Crippen molar-refractivity contribution in [3.8, 4) is 11.5 Å². The summed E-state index contributed by atoms with van der Waals surface area (Å²) in [6, 6.07) is 4.74. The molecule has 16 heavy (non-hydrogen) atoms.